The summed E-state index contributed by atoms with van der Waals surface area (Å²) < 4.78 is 5.17. The molecule has 0 saturated heterocycles. The molecule has 0 bridgehead atoms. The maximum Gasteiger partial charge on any atom is 0.255 e. The molecule has 1 aromatic carbocycles. The fourth-order valence-electron chi connectivity index (χ4n) is 2.65. The molecule has 0 aliphatic heterocycles. The van der Waals surface area contributed by atoms with Crippen molar-refractivity contribution in [2.45, 2.75) is 24.8 Å². The maximum absolute atomic E-state index is 13.2. The second kappa shape index (κ2) is 8.92. The van der Waals surface area contributed by atoms with E-state index in [1.54, 1.807) is 35.6 Å². The van der Waals surface area contributed by atoms with Crippen molar-refractivity contribution in [3.63, 3.8) is 0 Å². The van der Waals surface area contributed by atoms with Gasteiger partial charge in [0.05, 0.1) is 18.1 Å². The van der Waals surface area contributed by atoms with Crippen LogP contribution in [0.3, 0.4) is 0 Å². The second-order valence-electron chi connectivity index (χ2n) is 5.62. The van der Waals surface area contributed by atoms with E-state index in [1.807, 2.05) is 35.2 Å². The lowest BCUT2D eigenvalue weighted by Crippen LogP contribution is -2.32. The predicted octanol–water partition coefficient (Wildman–Crippen LogP) is 5.34. The average Bonchev–Trinajstić information content (AvgIpc) is 3.32. The molecule has 5 heteroatoms. The highest BCUT2D eigenvalue weighted by molar-refractivity contribution is 7.99. The van der Waals surface area contributed by atoms with Crippen LogP contribution >= 0.6 is 23.1 Å². The van der Waals surface area contributed by atoms with Gasteiger partial charge in [-0.3, -0.25) is 4.79 Å². The van der Waals surface area contributed by atoms with Crippen molar-refractivity contribution in [2.75, 3.05) is 12.3 Å². The van der Waals surface area contributed by atoms with E-state index in [1.165, 1.54) is 4.88 Å². The Kier molecular flexibility index (Phi) is 6.36. The number of benzene rings is 1. The Labute approximate surface area is 156 Å². The van der Waals surface area contributed by atoms with Crippen LogP contribution in [0.25, 0.3) is 0 Å². The highest BCUT2D eigenvalue weighted by Gasteiger charge is 2.19. The van der Waals surface area contributed by atoms with Crippen LogP contribution in [-0.4, -0.2) is 23.1 Å². The van der Waals surface area contributed by atoms with Crippen LogP contribution in [0.5, 0.6) is 0 Å². The monoisotopic (exact) mass is 371 g/mol. The molecule has 0 atom stereocenters. The fraction of sp³-hybridized carbons (Fsp3) is 0.250. The van der Waals surface area contributed by atoms with Crippen LogP contribution in [0.1, 0.15) is 27.7 Å². The second-order valence-corrected chi connectivity index (χ2v) is 7.95. The summed E-state index contributed by atoms with van der Waals surface area (Å²) in [7, 11) is 0. The zero-order chi connectivity index (χ0) is 17.5. The van der Waals surface area contributed by atoms with Crippen LogP contribution in [0.4, 0.5) is 0 Å². The Balaban J connectivity index is 1.80. The molecule has 2 aromatic heterocycles. The summed E-state index contributed by atoms with van der Waals surface area (Å²) >= 11 is 3.44. The largest absolute Gasteiger partial charge is 0.472 e. The van der Waals surface area contributed by atoms with Crippen LogP contribution in [0.15, 0.2) is 69.7 Å². The van der Waals surface area contributed by atoms with E-state index >= 15 is 0 Å². The Bertz CT molecular complexity index is 782. The number of carbonyl (C=O) groups is 1. The number of thioether (sulfide) groups is 1. The Morgan fingerprint density at radius 1 is 1.20 bits per heavy atom. The molecule has 0 saturated carbocycles. The number of furan rings is 1. The molecule has 2 heterocycles. The summed E-state index contributed by atoms with van der Waals surface area (Å²) in [6, 6.07) is 14.0. The molecular weight excluding hydrogens is 350 g/mol. The lowest BCUT2D eigenvalue weighted by atomic mass is 10.1. The SMILES string of the molecule is CCSc1ccccc1C(=O)N(CCc1cccs1)Cc1ccoc1. The van der Waals surface area contributed by atoms with Crippen molar-refractivity contribution in [2.24, 2.45) is 0 Å². The highest BCUT2D eigenvalue weighted by Crippen LogP contribution is 2.24. The van der Waals surface area contributed by atoms with Gasteiger partial charge in [-0.2, -0.15) is 0 Å². The van der Waals surface area contributed by atoms with Gasteiger partial charge in [0, 0.05) is 28.4 Å². The molecule has 0 spiro atoms. The molecule has 0 fully saturated rings. The zero-order valence-corrected chi connectivity index (χ0v) is 15.8. The third kappa shape index (κ3) is 4.77. The fourth-order valence-corrected chi connectivity index (χ4v) is 4.15. The molecule has 0 unspecified atom stereocenters. The van der Waals surface area contributed by atoms with Crippen molar-refractivity contribution < 1.29 is 9.21 Å². The smallest absolute Gasteiger partial charge is 0.255 e. The molecule has 130 valence electrons. The zero-order valence-electron chi connectivity index (χ0n) is 14.2. The lowest BCUT2D eigenvalue weighted by Gasteiger charge is -2.23. The first kappa shape index (κ1) is 17.8. The minimum Gasteiger partial charge on any atom is -0.472 e. The molecule has 3 nitrogen and oxygen atoms in total. The number of thiophene rings is 1. The van der Waals surface area contributed by atoms with Gasteiger partial charge in [-0.25, -0.2) is 0 Å². The quantitative estimate of drug-likeness (QED) is 0.501. The summed E-state index contributed by atoms with van der Waals surface area (Å²) in [6.07, 6.45) is 4.22. The molecule has 0 N–H and O–H groups in total. The van der Waals surface area contributed by atoms with E-state index < -0.39 is 0 Å². The van der Waals surface area contributed by atoms with Gasteiger partial charge in [0.15, 0.2) is 0 Å². The molecule has 0 aliphatic rings. The van der Waals surface area contributed by atoms with Crippen LogP contribution in [0, 0.1) is 0 Å². The number of amides is 1. The van der Waals surface area contributed by atoms with E-state index in [4.69, 9.17) is 4.42 Å². The van der Waals surface area contributed by atoms with E-state index in [2.05, 4.69) is 24.4 Å². The summed E-state index contributed by atoms with van der Waals surface area (Å²) in [5, 5.41) is 2.07. The molecular formula is C20H21NO2S2. The lowest BCUT2D eigenvalue weighted by molar-refractivity contribution is 0.0741. The summed E-state index contributed by atoms with van der Waals surface area (Å²) in [5.41, 5.74) is 1.80. The maximum atomic E-state index is 13.2. The van der Waals surface area contributed by atoms with E-state index in [0.717, 1.165) is 28.2 Å². The Hall–Kier alpha value is -1.98. The van der Waals surface area contributed by atoms with Gasteiger partial charge in [0.2, 0.25) is 0 Å². The van der Waals surface area contributed by atoms with Crippen molar-refractivity contribution in [3.05, 3.63) is 76.4 Å². The van der Waals surface area contributed by atoms with E-state index in [0.29, 0.717) is 13.1 Å². The first-order chi connectivity index (χ1) is 12.3. The van der Waals surface area contributed by atoms with E-state index in [-0.39, 0.29) is 5.91 Å². The van der Waals surface area contributed by atoms with Gasteiger partial charge < -0.3 is 9.32 Å². The molecule has 0 aliphatic carbocycles. The number of hydrogen-bond donors (Lipinski definition) is 0. The minimum atomic E-state index is 0.0781. The summed E-state index contributed by atoms with van der Waals surface area (Å²) in [6.45, 7) is 3.35. The van der Waals surface area contributed by atoms with E-state index in [9.17, 15) is 4.79 Å². The van der Waals surface area contributed by atoms with Gasteiger partial charge in [-0.1, -0.05) is 25.1 Å². The number of nitrogens with zero attached hydrogens (tertiary/aromatic N) is 1. The summed E-state index contributed by atoms with van der Waals surface area (Å²) in [4.78, 5) is 17.5. The third-order valence-electron chi connectivity index (χ3n) is 3.87. The molecule has 1 amide bonds. The molecule has 3 rings (SSSR count). The molecule has 25 heavy (non-hydrogen) atoms. The van der Waals surface area contributed by atoms with Crippen molar-refractivity contribution in [1.29, 1.82) is 0 Å². The number of carbonyl (C=O) groups excluding carboxylic acids is 1. The minimum absolute atomic E-state index is 0.0781. The normalized spacial score (nSPS) is 10.8. The Morgan fingerprint density at radius 2 is 2.08 bits per heavy atom. The first-order valence-corrected chi connectivity index (χ1v) is 10.2. The van der Waals surface area contributed by atoms with Crippen LogP contribution < -0.4 is 0 Å². The van der Waals surface area contributed by atoms with Crippen molar-refractivity contribution >= 4 is 29.0 Å². The first-order valence-electron chi connectivity index (χ1n) is 8.32. The van der Waals surface area contributed by atoms with Gasteiger partial charge in [-0.05, 0) is 41.8 Å². The topological polar surface area (TPSA) is 33.5 Å². The highest BCUT2D eigenvalue weighted by atomic mass is 32.2. The van der Waals surface area contributed by atoms with Crippen molar-refractivity contribution in [3.8, 4) is 0 Å². The molecule has 3 aromatic rings. The third-order valence-corrected chi connectivity index (χ3v) is 5.76. The molecule has 0 radical (unpaired) electrons. The van der Waals surface area contributed by atoms with Gasteiger partial charge >= 0.3 is 0 Å². The van der Waals surface area contributed by atoms with Gasteiger partial charge in [0.1, 0.15) is 0 Å². The van der Waals surface area contributed by atoms with Crippen LogP contribution in [-0.2, 0) is 13.0 Å². The number of rotatable bonds is 8. The van der Waals surface area contributed by atoms with Crippen LogP contribution in [0.2, 0.25) is 0 Å². The van der Waals surface area contributed by atoms with Gasteiger partial charge in [-0.15, -0.1) is 23.1 Å². The van der Waals surface area contributed by atoms with Crippen molar-refractivity contribution in [1.82, 2.24) is 4.90 Å². The average molecular weight is 372 g/mol. The summed E-state index contributed by atoms with van der Waals surface area (Å²) in [5.74, 6) is 1.02. The number of hydrogen-bond acceptors (Lipinski definition) is 4. The van der Waals surface area contributed by atoms with Gasteiger partial charge in [0.25, 0.3) is 5.91 Å². The standard InChI is InChI=1S/C20H21NO2S2/c1-2-24-19-8-4-3-7-18(19)20(22)21(14-16-10-12-23-15-16)11-9-17-6-5-13-25-17/h3-8,10,12-13,15H,2,9,11,14H2,1H3. The predicted molar refractivity (Wildman–Crippen MR) is 104 cm³/mol. The Morgan fingerprint density at radius 3 is 2.80 bits per heavy atom.